The Labute approximate surface area is 193 Å². The maximum Gasteiger partial charge on any atom is 0.436 e. The van der Waals surface area contributed by atoms with Crippen LogP contribution in [-0.2, 0) is 22.3 Å². The topological polar surface area (TPSA) is 59.8 Å². The zero-order valence-electron chi connectivity index (χ0n) is 17.7. The molecule has 2 aromatic rings. The van der Waals surface area contributed by atoms with Crippen molar-refractivity contribution in [1.29, 1.82) is 0 Å². The summed E-state index contributed by atoms with van der Waals surface area (Å²) in [5, 5.41) is 3.51. The Hall–Kier alpha value is -2.17. The van der Waals surface area contributed by atoms with Crippen LogP contribution in [0.3, 0.4) is 0 Å². The van der Waals surface area contributed by atoms with Crippen molar-refractivity contribution in [2.45, 2.75) is 25.7 Å². The number of alkyl halides is 3. The van der Waals surface area contributed by atoms with Crippen LogP contribution < -0.4 is 9.64 Å². The van der Waals surface area contributed by atoms with Gasteiger partial charge in [0.05, 0.1) is 35.5 Å². The molecule has 2 heterocycles. The van der Waals surface area contributed by atoms with Gasteiger partial charge in [-0.15, -0.1) is 0 Å². The lowest BCUT2D eigenvalue weighted by Gasteiger charge is -2.42. The molecule has 7 nitrogen and oxygen atoms in total. The Morgan fingerprint density at radius 3 is 2.56 bits per heavy atom. The number of piperazine rings is 1. The summed E-state index contributed by atoms with van der Waals surface area (Å²) in [7, 11) is 3.06. The van der Waals surface area contributed by atoms with Crippen LogP contribution in [0.15, 0.2) is 18.2 Å². The first-order chi connectivity index (χ1) is 15.1. The van der Waals surface area contributed by atoms with E-state index < -0.39 is 16.9 Å². The highest BCUT2D eigenvalue weighted by molar-refractivity contribution is 6.32. The Bertz CT molecular complexity index is 984. The Balaban J connectivity index is 1.77. The Morgan fingerprint density at radius 2 is 1.97 bits per heavy atom. The smallest absolute Gasteiger partial charge is 0.436 e. The molecule has 0 radical (unpaired) electrons. The van der Waals surface area contributed by atoms with E-state index >= 15 is 0 Å². The van der Waals surface area contributed by atoms with Crippen LogP contribution >= 0.6 is 23.2 Å². The molecule has 3 rings (SSSR count). The van der Waals surface area contributed by atoms with Gasteiger partial charge >= 0.3 is 6.18 Å². The van der Waals surface area contributed by atoms with Gasteiger partial charge in [-0.05, 0) is 19.1 Å². The van der Waals surface area contributed by atoms with E-state index in [1.54, 1.807) is 11.0 Å². The number of carbonyl (C=O) groups is 1. The van der Waals surface area contributed by atoms with Crippen molar-refractivity contribution in [3.8, 4) is 5.75 Å². The van der Waals surface area contributed by atoms with Gasteiger partial charge in [0.25, 0.3) is 0 Å². The highest BCUT2D eigenvalue weighted by Crippen LogP contribution is 2.35. The average molecular weight is 495 g/mol. The second-order valence-corrected chi connectivity index (χ2v) is 8.15. The van der Waals surface area contributed by atoms with E-state index in [1.165, 1.54) is 21.1 Å². The molecule has 1 aliphatic heterocycles. The number of hydrogen-bond acceptors (Lipinski definition) is 5. The molecule has 1 aromatic heterocycles. The van der Waals surface area contributed by atoms with Crippen LogP contribution in [0.1, 0.15) is 11.4 Å². The van der Waals surface area contributed by atoms with E-state index in [4.69, 9.17) is 32.7 Å². The number of amides is 1. The maximum atomic E-state index is 13.1. The monoisotopic (exact) mass is 494 g/mol. The summed E-state index contributed by atoms with van der Waals surface area (Å²) in [5.74, 6) is 0.175. The van der Waals surface area contributed by atoms with Gasteiger partial charge in [-0.1, -0.05) is 23.2 Å². The van der Waals surface area contributed by atoms with Crippen LogP contribution in [0, 0.1) is 6.92 Å². The Morgan fingerprint density at radius 1 is 1.25 bits per heavy atom. The van der Waals surface area contributed by atoms with E-state index in [0.29, 0.717) is 30.4 Å². The lowest BCUT2D eigenvalue weighted by atomic mass is 10.1. The summed E-state index contributed by atoms with van der Waals surface area (Å²) >= 11 is 11.9. The van der Waals surface area contributed by atoms with Crippen molar-refractivity contribution in [2.75, 3.05) is 45.4 Å². The number of halogens is 5. The van der Waals surface area contributed by atoms with Gasteiger partial charge in [-0.25, -0.2) is 0 Å². The molecule has 1 amide bonds. The van der Waals surface area contributed by atoms with Crippen molar-refractivity contribution in [2.24, 2.45) is 0 Å². The van der Waals surface area contributed by atoms with Crippen molar-refractivity contribution >= 4 is 34.8 Å². The molecule has 0 unspecified atom stereocenters. The number of hydrogen-bond donors (Lipinski definition) is 0. The Kier molecular flexibility index (Phi) is 7.46. The number of ether oxygens (including phenoxy) is 2. The van der Waals surface area contributed by atoms with Crippen molar-refractivity contribution in [3.63, 3.8) is 0 Å². The first-order valence-corrected chi connectivity index (χ1v) is 10.5. The van der Waals surface area contributed by atoms with Gasteiger partial charge in [0.15, 0.2) is 5.69 Å². The van der Waals surface area contributed by atoms with Gasteiger partial charge in [0.2, 0.25) is 5.91 Å². The summed E-state index contributed by atoms with van der Waals surface area (Å²) < 4.78 is 50.8. The number of anilines is 1. The van der Waals surface area contributed by atoms with Crippen molar-refractivity contribution < 1.29 is 27.4 Å². The molecular formula is C20H23Cl2F3N4O3. The number of methoxy groups -OCH3 is 2. The molecule has 1 aromatic carbocycles. The van der Waals surface area contributed by atoms with Crippen LogP contribution in [-0.4, -0.2) is 67.1 Å². The molecule has 0 aliphatic carbocycles. The first kappa shape index (κ1) is 24.5. The van der Waals surface area contributed by atoms with Crippen molar-refractivity contribution in [3.05, 3.63) is 39.6 Å². The van der Waals surface area contributed by atoms with Crippen LogP contribution in [0.5, 0.6) is 5.75 Å². The van der Waals surface area contributed by atoms with Gasteiger partial charge in [-0.2, -0.15) is 18.3 Å². The standard InChI is InChI=1S/C20H23Cl2F3N4O3/c1-12-18(22)19(20(23,24)25)26-29(12)10-17(30)28-7-6-27(9-14(28)11-31-2)13-4-5-15(21)16(8-13)32-3/h4-5,8,14H,6-7,9-11H2,1-3H3/t14-/m1/s1. The zero-order chi connectivity index (χ0) is 23.6. The number of aromatic nitrogens is 2. The molecule has 0 spiro atoms. The molecule has 0 N–H and O–H groups in total. The summed E-state index contributed by atoms with van der Waals surface area (Å²) in [5.41, 5.74) is -0.231. The lowest BCUT2D eigenvalue weighted by Crippen LogP contribution is -2.57. The fourth-order valence-electron chi connectivity index (χ4n) is 3.68. The summed E-state index contributed by atoms with van der Waals surface area (Å²) in [6.45, 7) is 2.66. The largest absolute Gasteiger partial charge is 0.495 e. The van der Waals surface area contributed by atoms with Crippen LogP contribution in [0.25, 0.3) is 0 Å². The third-order valence-corrected chi connectivity index (χ3v) is 6.11. The fraction of sp³-hybridized carbons (Fsp3) is 0.500. The van der Waals surface area contributed by atoms with E-state index in [9.17, 15) is 18.0 Å². The maximum absolute atomic E-state index is 13.1. The van der Waals surface area contributed by atoms with Gasteiger partial charge in [-0.3, -0.25) is 9.48 Å². The summed E-state index contributed by atoms with van der Waals surface area (Å²) in [4.78, 5) is 16.7. The molecule has 0 saturated carbocycles. The third-order valence-electron chi connectivity index (χ3n) is 5.35. The van der Waals surface area contributed by atoms with Crippen LogP contribution in [0.4, 0.5) is 18.9 Å². The number of benzene rings is 1. The van der Waals surface area contributed by atoms with E-state index in [0.717, 1.165) is 10.4 Å². The fourth-order valence-corrected chi connectivity index (χ4v) is 4.11. The summed E-state index contributed by atoms with van der Waals surface area (Å²) in [6, 6.07) is 5.11. The minimum Gasteiger partial charge on any atom is -0.495 e. The van der Waals surface area contributed by atoms with Gasteiger partial charge < -0.3 is 19.3 Å². The zero-order valence-corrected chi connectivity index (χ0v) is 19.3. The average Bonchev–Trinajstić information content (AvgIpc) is 3.03. The minimum atomic E-state index is -4.69. The van der Waals surface area contributed by atoms with Gasteiger partial charge in [0, 0.05) is 38.5 Å². The molecular weight excluding hydrogens is 472 g/mol. The molecule has 1 saturated heterocycles. The van der Waals surface area contributed by atoms with E-state index in [1.807, 2.05) is 12.1 Å². The minimum absolute atomic E-state index is 0.0857. The molecule has 0 bridgehead atoms. The third kappa shape index (κ3) is 5.07. The highest BCUT2D eigenvalue weighted by Gasteiger charge is 2.39. The predicted octanol–water partition coefficient (Wildman–Crippen LogP) is 3.89. The molecule has 12 heteroatoms. The highest BCUT2D eigenvalue weighted by atomic mass is 35.5. The number of carbonyl (C=O) groups excluding carboxylic acids is 1. The quantitative estimate of drug-likeness (QED) is 0.609. The molecule has 1 fully saturated rings. The number of nitrogens with zero attached hydrogens (tertiary/aromatic N) is 4. The lowest BCUT2D eigenvalue weighted by molar-refractivity contribution is -0.142. The van der Waals surface area contributed by atoms with Crippen molar-refractivity contribution in [1.82, 2.24) is 14.7 Å². The van der Waals surface area contributed by atoms with E-state index in [2.05, 4.69) is 10.00 Å². The van der Waals surface area contributed by atoms with E-state index in [-0.39, 0.29) is 30.8 Å². The summed E-state index contributed by atoms with van der Waals surface area (Å²) in [6.07, 6.45) is -4.69. The molecule has 1 aliphatic rings. The normalized spacial score (nSPS) is 17.1. The second kappa shape index (κ2) is 9.76. The SMILES string of the molecule is COC[C@H]1CN(c2ccc(Cl)c(OC)c2)CCN1C(=O)Cn1nc(C(F)(F)F)c(Cl)c1C. The number of rotatable bonds is 6. The van der Waals surface area contributed by atoms with Gasteiger partial charge in [0.1, 0.15) is 12.3 Å². The first-order valence-electron chi connectivity index (χ1n) is 9.73. The predicted molar refractivity (Wildman–Crippen MR) is 115 cm³/mol. The molecule has 176 valence electrons. The van der Waals surface area contributed by atoms with Crippen LogP contribution in [0.2, 0.25) is 10.0 Å². The second-order valence-electron chi connectivity index (χ2n) is 7.36. The molecule has 32 heavy (non-hydrogen) atoms. The molecule has 1 atom stereocenters.